The molecule has 0 radical (unpaired) electrons. The summed E-state index contributed by atoms with van der Waals surface area (Å²) in [5, 5.41) is 21.4. The fraction of sp³-hybridized carbons (Fsp3) is 0.154. The number of rotatable bonds is 6. The Morgan fingerprint density at radius 1 is 1.00 bits per heavy atom. The van der Waals surface area contributed by atoms with Crippen LogP contribution >= 0.6 is 0 Å². The summed E-state index contributed by atoms with van der Waals surface area (Å²) < 4.78 is 38.1. The normalized spacial score (nSPS) is 17.0. The van der Waals surface area contributed by atoms with Gasteiger partial charge in [-0.25, -0.2) is 8.78 Å². The molecule has 1 saturated heterocycles. The fourth-order valence-corrected chi connectivity index (χ4v) is 3.96. The molecule has 1 atom stereocenters. The molecule has 35 heavy (non-hydrogen) atoms. The van der Waals surface area contributed by atoms with Gasteiger partial charge in [-0.1, -0.05) is 6.07 Å². The summed E-state index contributed by atoms with van der Waals surface area (Å²) in [4.78, 5) is 27.2. The second-order valence-electron chi connectivity index (χ2n) is 7.66. The van der Waals surface area contributed by atoms with E-state index in [1.807, 2.05) is 6.92 Å². The molecule has 1 heterocycles. The average molecular weight is 481 g/mol. The van der Waals surface area contributed by atoms with Crippen LogP contribution in [0.1, 0.15) is 24.1 Å². The molecule has 1 fully saturated rings. The van der Waals surface area contributed by atoms with Crippen molar-refractivity contribution in [1.82, 2.24) is 0 Å². The molecule has 1 amide bonds. The second kappa shape index (κ2) is 9.46. The molecule has 4 rings (SSSR count). The number of nitrogens with zero attached hydrogens (tertiary/aromatic N) is 1. The Kier molecular flexibility index (Phi) is 6.42. The molecular weight excluding hydrogens is 460 g/mol. The van der Waals surface area contributed by atoms with Crippen molar-refractivity contribution in [1.29, 1.82) is 0 Å². The number of aliphatic hydroxyl groups is 1. The average Bonchev–Trinajstić information content (AvgIpc) is 3.11. The lowest BCUT2D eigenvalue weighted by Gasteiger charge is -2.26. The Labute approximate surface area is 199 Å². The maximum Gasteiger partial charge on any atom is 0.300 e. The Morgan fingerprint density at radius 3 is 2.31 bits per heavy atom. The minimum atomic E-state index is -1.25. The van der Waals surface area contributed by atoms with Gasteiger partial charge in [-0.15, -0.1) is 0 Å². The summed E-state index contributed by atoms with van der Waals surface area (Å²) in [5.41, 5.74) is 0.0877. The number of Topliss-reactive ketones (excluding diaryl/α,β-unsaturated/α-hetero) is 1. The molecule has 180 valence electrons. The molecule has 3 aromatic carbocycles. The lowest BCUT2D eigenvalue weighted by atomic mass is 9.94. The van der Waals surface area contributed by atoms with Crippen LogP contribution in [-0.4, -0.2) is 35.6 Å². The van der Waals surface area contributed by atoms with Gasteiger partial charge >= 0.3 is 0 Å². The number of hydrogen-bond donors (Lipinski definition) is 2. The van der Waals surface area contributed by atoms with Crippen molar-refractivity contribution in [2.24, 2.45) is 0 Å². The molecule has 3 aromatic rings. The summed E-state index contributed by atoms with van der Waals surface area (Å²) >= 11 is 0. The highest BCUT2D eigenvalue weighted by Gasteiger charge is 2.47. The number of aliphatic hydroxyl groups excluding tert-OH is 1. The topological polar surface area (TPSA) is 96.3 Å². The van der Waals surface area contributed by atoms with Crippen molar-refractivity contribution in [3.63, 3.8) is 0 Å². The number of amides is 1. The highest BCUT2D eigenvalue weighted by atomic mass is 19.2. The molecular formula is C26H21F2NO6. The Bertz CT molecular complexity index is 1340. The molecule has 0 spiro atoms. The third-order valence-corrected chi connectivity index (χ3v) is 5.58. The van der Waals surface area contributed by atoms with Gasteiger partial charge in [-0.3, -0.25) is 14.5 Å². The maximum atomic E-state index is 14.0. The van der Waals surface area contributed by atoms with E-state index in [2.05, 4.69) is 0 Å². The second-order valence-corrected chi connectivity index (χ2v) is 7.66. The van der Waals surface area contributed by atoms with Crippen molar-refractivity contribution in [3.8, 4) is 17.2 Å². The molecule has 1 unspecified atom stereocenters. The lowest BCUT2D eigenvalue weighted by Crippen LogP contribution is -2.29. The van der Waals surface area contributed by atoms with E-state index in [0.29, 0.717) is 12.4 Å². The lowest BCUT2D eigenvalue weighted by molar-refractivity contribution is -0.132. The number of anilines is 1. The first-order valence-electron chi connectivity index (χ1n) is 10.6. The first-order valence-corrected chi connectivity index (χ1v) is 10.6. The van der Waals surface area contributed by atoms with Gasteiger partial charge in [0.25, 0.3) is 11.7 Å². The van der Waals surface area contributed by atoms with Crippen molar-refractivity contribution < 1.29 is 38.1 Å². The molecule has 1 aliphatic rings. The Hall–Kier alpha value is -4.40. The van der Waals surface area contributed by atoms with E-state index >= 15 is 0 Å². The van der Waals surface area contributed by atoms with Crippen molar-refractivity contribution in [2.75, 3.05) is 18.6 Å². The quantitative estimate of drug-likeness (QED) is 0.301. The molecule has 7 nitrogen and oxygen atoms in total. The van der Waals surface area contributed by atoms with Gasteiger partial charge in [-0.2, -0.15) is 0 Å². The summed E-state index contributed by atoms with van der Waals surface area (Å²) in [6.07, 6.45) is 0. The van der Waals surface area contributed by atoms with Gasteiger partial charge in [0.1, 0.15) is 11.5 Å². The minimum absolute atomic E-state index is 0.1000. The van der Waals surface area contributed by atoms with Crippen LogP contribution in [0.15, 0.2) is 66.2 Å². The number of ether oxygens (including phenoxy) is 2. The van der Waals surface area contributed by atoms with Crippen LogP contribution in [0.4, 0.5) is 14.5 Å². The van der Waals surface area contributed by atoms with E-state index in [9.17, 15) is 28.6 Å². The highest BCUT2D eigenvalue weighted by Crippen LogP contribution is 2.44. The first-order chi connectivity index (χ1) is 16.8. The van der Waals surface area contributed by atoms with Crippen molar-refractivity contribution in [3.05, 3.63) is 89.0 Å². The SMILES string of the molecule is CCOc1ccc(/C(O)=C2\C(=O)C(=O)N(c3ccc(F)c(F)c3)C2c2ccc(OC)c(O)c2)cc1. The third kappa shape index (κ3) is 4.28. The summed E-state index contributed by atoms with van der Waals surface area (Å²) in [6, 6.07) is 11.9. The van der Waals surface area contributed by atoms with E-state index in [4.69, 9.17) is 9.47 Å². The third-order valence-electron chi connectivity index (χ3n) is 5.58. The summed E-state index contributed by atoms with van der Waals surface area (Å²) in [6.45, 7) is 2.25. The molecule has 0 saturated carbocycles. The number of methoxy groups -OCH3 is 1. The van der Waals surface area contributed by atoms with Crippen LogP contribution in [0.5, 0.6) is 17.2 Å². The van der Waals surface area contributed by atoms with Gasteiger partial charge < -0.3 is 19.7 Å². The monoisotopic (exact) mass is 481 g/mol. The van der Waals surface area contributed by atoms with E-state index in [0.717, 1.165) is 23.1 Å². The largest absolute Gasteiger partial charge is 0.507 e. The summed E-state index contributed by atoms with van der Waals surface area (Å²) in [5.74, 6) is -4.48. The zero-order valence-corrected chi connectivity index (χ0v) is 18.8. The van der Waals surface area contributed by atoms with E-state index in [-0.39, 0.29) is 33.9 Å². The molecule has 0 aliphatic carbocycles. The number of carbonyl (C=O) groups is 2. The van der Waals surface area contributed by atoms with E-state index < -0.39 is 35.1 Å². The fourth-order valence-electron chi connectivity index (χ4n) is 3.96. The Balaban J connectivity index is 1.92. The number of benzene rings is 3. The predicted molar refractivity (Wildman–Crippen MR) is 123 cm³/mol. The minimum Gasteiger partial charge on any atom is -0.507 e. The van der Waals surface area contributed by atoms with Gasteiger partial charge in [-0.05, 0) is 61.0 Å². The van der Waals surface area contributed by atoms with Crippen molar-refractivity contribution >= 4 is 23.1 Å². The predicted octanol–water partition coefficient (Wildman–Crippen LogP) is 4.70. The first kappa shape index (κ1) is 23.7. The number of phenolic OH excluding ortho intramolecular Hbond substituents is 1. The highest BCUT2D eigenvalue weighted by molar-refractivity contribution is 6.51. The zero-order valence-electron chi connectivity index (χ0n) is 18.8. The van der Waals surface area contributed by atoms with Gasteiger partial charge in [0.05, 0.1) is 25.3 Å². The number of carbonyl (C=O) groups excluding carboxylic acids is 2. The van der Waals surface area contributed by atoms with Gasteiger partial charge in [0.15, 0.2) is 23.1 Å². The molecule has 1 aliphatic heterocycles. The van der Waals surface area contributed by atoms with Crippen LogP contribution in [0.3, 0.4) is 0 Å². The molecule has 0 aromatic heterocycles. The number of phenols is 1. The number of hydrogen-bond acceptors (Lipinski definition) is 6. The number of ketones is 1. The van der Waals surface area contributed by atoms with E-state index in [1.54, 1.807) is 12.1 Å². The molecule has 0 bridgehead atoms. The van der Waals surface area contributed by atoms with Crippen LogP contribution in [0.25, 0.3) is 5.76 Å². The maximum absolute atomic E-state index is 14.0. The van der Waals surface area contributed by atoms with Crippen LogP contribution in [-0.2, 0) is 9.59 Å². The van der Waals surface area contributed by atoms with Gasteiger partial charge in [0, 0.05) is 17.3 Å². The number of aromatic hydroxyl groups is 1. The van der Waals surface area contributed by atoms with Crippen molar-refractivity contribution in [2.45, 2.75) is 13.0 Å². The molecule has 2 N–H and O–H groups in total. The molecule has 9 heteroatoms. The Morgan fingerprint density at radius 2 is 1.71 bits per heavy atom. The smallest absolute Gasteiger partial charge is 0.300 e. The summed E-state index contributed by atoms with van der Waals surface area (Å²) in [7, 11) is 1.36. The van der Waals surface area contributed by atoms with E-state index in [1.165, 1.54) is 37.4 Å². The van der Waals surface area contributed by atoms with Crippen LogP contribution < -0.4 is 14.4 Å². The van der Waals surface area contributed by atoms with Gasteiger partial charge in [0.2, 0.25) is 0 Å². The van der Waals surface area contributed by atoms with Crippen LogP contribution in [0.2, 0.25) is 0 Å². The standard InChI is InChI=1S/C26H21F2NO6/c1-3-35-17-8-4-14(5-9-17)24(31)22-23(15-6-11-21(34-2)20(30)12-15)29(26(33)25(22)32)16-7-10-18(27)19(28)13-16/h4-13,23,30-31H,3H2,1-2H3/b24-22+. The zero-order chi connectivity index (χ0) is 25.3. The number of halogens is 2. The van der Waals surface area contributed by atoms with Crippen LogP contribution in [0, 0.1) is 11.6 Å².